The summed E-state index contributed by atoms with van der Waals surface area (Å²) in [6.07, 6.45) is 4.74. The molecule has 1 aliphatic heterocycles. The quantitative estimate of drug-likeness (QED) is 0.203. The summed E-state index contributed by atoms with van der Waals surface area (Å²) in [5.74, 6) is 0.0157. The van der Waals surface area contributed by atoms with Gasteiger partial charge in [0.15, 0.2) is 0 Å². The average molecular weight is 542 g/mol. The van der Waals surface area contributed by atoms with Gasteiger partial charge in [-0.25, -0.2) is 4.98 Å². The van der Waals surface area contributed by atoms with Gasteiger partial charge in [0, 0.05) is 35.9 Å². The zero-order chi connectivity index (χ0) is 27.7. The van der Waals surface area contributed by atoms with Crippen LogP contribution < -0.4 is 16.0 Å². The maximum atomic E-state index is 14.2. The Labute approximate surface area is 226 Å². The van der Waals surface area contributed by atoms with Crippen LogP contribution in [0.25, 0.3) is 22.8 Å². The van der Waals surface area contributed by atoms with Gasteiger partial charge in [0.1, 0.15) is 5.82 Å². The Kier molecular flexibility index (Phi) is 6.36. The zero-order valence-corrected chi connectivity index (χ0v) is 20.7. The van der Waals surface area contributed by atoms with Gasteiger partial charge in [0.05, 0.1) is 35.0 Å². The molecule has 3 aromatic heterocycles. The molecular weight excluding hydrogens is 520 g/mol. The molecule has 0 spiro atoms. The van der Waals surface area contributed by atoms with Crippen molar-refractivity contribution in [3.63, 3.8) is 0 Å². The van der Waals surface area contributed by atoms with Crippen LogP contribution in [0.3, 0.4) is 0 Å². The molecule has 4 N–H and O–H groups in total. The van der Waals surface area contributed by atoms with Gasteiger partial charge in [0.25, 0.3) is 11.8 Å². The number of aliphatic hydroxyl groups excluding tert-OH is 1. The molecule has 0 radical (unpaired) electrons. The topological polar surface area (TPSA) is 138 Å². The molecule has 1 amide bonds. The molecule has 0 aliphatic carbocycles. The number of halogens is 2. The van der Waals surface area contributed by atoms with Crippen LogP contribution in [0.1, 0.15) is 27.5 Å². The second-order valence-corrected chi connectivity index (χ2v) is 8.98. The predicted molar refractivity (Wildman–Crippen MR) is 142 cm³/mol. The van der Waals surface area contributed by atoms with Crippen LogP contribution in [-0.4, -0.2) is 37.7 Å². The molecule has 2 aromatic carbocycles. The molecule has 6 rings (SSSR count). The van der Waals surface area contributed by atoms with Crippen molar-refractivity contribution in [2.24, 2.45) is 0 Å². The third kappa shape index (κ3) is 4.83. The predicted octanol–water partition coefficient (Wildman–Crippen LogP) is 4.88. The van der Waals surface area contributed by atoms with Crippen molar-refractivity contribution in [2.45, 2.75) is 12.1 Å². The Bertz CT molecular complexity index is 1680. The van der Waals surface area contributed by atoms with E-state index in [0.29, 0.717) is 34.1 Å². The largest absolute Gasteiger partial charge is 0.394 e. The van der Waals surface area contributed by atoms with Crippen molar-refractivity contribution in [3.05, 3.63) is 102 Å². The molecule has 1 aliphatic rings. The number of carbonyl (C=O) groups is 1. The Hall–Kier alpha value is -5.23. The van der Waals surface area contributed by atoms with Gasteiger partial charge in [-0.15, -0.1) is 0 Å². The number of amides is 1. The number of alkyl halides is 2. The summed E-state index contributed by atoms with van der Waals surface area (Å²) >= 11 is 0. The molecule has 40 heavy (non-hydrogen) atoms. The molecular formula is C28H21F2N7O3. The second-order valence-electron chi connectivity index (χ2n) is 8.98. The van der Waals surface area contributed by atoms with Crippen LogP contribution >= 0.6 is 0 Å². The minimum Gasteiger partial charge on any atom is -0.394 e. The van der Waals surface area contributed by atoms with E-state index >= 15 is 0 Å². The molecule has 12 heteroatoms. The third-order valence-corrected chi connectivity index (χ3v) is 6.36. The first kappa shape index (κ1) is 25.1. The number of fused-ring (bicyclic) bond motifs is 1. The number of pyridine rings is 2. The SMILES string of the molecule is O=C1NC(F)(F)c2cc(Nc3cc(N[C@H](CO)c4ccccc4)c(-c4nc(-c5ccncc5)no4)cn3)ccc21. The van der Waals surface area contributed by atoms with Gasteiger partial charge < -0.3 is 20.3 Å². The van der Waals surface area contributed by atoms with Gasteiger partial charge in [0.2, 0.25) is 5.82 Å². The number of aromatic nitrogens is 4. The fraction of sp³-hybridized carbons (Fsp3) is 0.107. The van der Waals surface area contributed by atoms with Gasteiger partial charge >= 0.3 is 6.05 Å². The lowest BCUT2D eigenvalue weighted by Crippen LogP contribution is -2.29. The zero-order valence-electron chi connectivity index (χ0n) is 20.7. The third-order valence-electron chi connectivity index (χ3n) is 6.36. The summed E-state index contributed by atoms with van der Waals surface area (Å²) in [6, 6.07) is 14.6. The number of hydrogen-bond donors (Lipinski definition) is 4. The first-order chi connectivity index (χ1) is 19.4. The molecule has 0 fully saturated rings. The fourth-order valence-electron chi connectivity index (χ4n) is 4.38. The average Bonchev–Trinajstić information content (AvgIpc) is 3.55. The van der Waals surface area contributed by atoms with Gasteiger partial charge in [-0.3, -0.25) is 15.1 Å². The minimum atomic E-state index is -3.47. The van der Waals surface area contributed by atoms with Gasteiger partial charge in [-0.2, -0.15) is 13.8 Å². The normalized spacial score (nSPS) is 14.3. The molecule has 0 bridgehead atoms. The molecule has 1 atom stereocenters. The second kappa shape index (κ2) is 10.2. The summed E-state index contributed by atoms with van der Waals surface area (Å²) in [5, 5.41) is 22.2. The van der Waals surface area contributed by atoms with Crippen molar-refractivity contribution in [2.75, 3.05) is 17.2 Å². The Morgan fingerprint density at radius 1 is 1.02 bits per heavy atom. The van der Waals surface area contributed by atoms with Gasteiger partial charge in [-0.1, -0.05) is 35.5 Å². The maximum Gasteiger partial charge on any atom is 0.353 e. The lowest BCUT2D eigenvalue weighted by molar-refractivity contribution is -0.0241. The molecule has 0 saturated carbocycles. The number of rotatable bonds is 8. The Morgan fingerprint density at radius 3 is 2.60 bits per heavy atom. The maximum absolute atomic E-state index is 14.2. The van der Waals surface area contributed by atoms with E-state index in [1.54, 1.807) is 35.9 Å². The van der Waals surface area contributed by atoms with Crippen LogP contribution in [0.2, 0.25) is 0 Å². The number of nitrogens with zero attached hydrogens (tertiary/aromatic N) is 4. The molecule has 4 heterocycles. The smallest absolute Gasteiger partial charge is 0.353 e. The highest BCUT2D eigenvalue weighted by Crippen LogP contribution is 2.37. The fourth-order valence-corrected chi connectivity index (χ4v) is 4.38. The van der Waals surface area contributed by atoms with Crippen LogP contribution in [0.5, 0.6) is 0 Å². The summed E-state index contributed by atoms with van der Waals surface area (Å²) in [4.78, 5) is 24.8. The highest BCUT2D eigenvalue weighted by Gasteiger charge is 2.44. The van der Waals surface area contributed by atoms with E-state index in [0.717, 1.165) is 5.56 Å². The van der Waals surface area contributed by atoms with Crippen molar-refractivity contribution in [1.82, 2.24) is 25.4 Å². The molecule has 5 aromatic rings. The van der Waals surface area contributed by atoms with Crippen molar-refractivity contribution in [3.8, 4) is 22.8 Å². The van der Waals surface area contributed by atoms with Crippen molar-refractivity contribution in [1.29, 1.82) is 0 Å². The minimum absolute atomic E-state index is 0.0868. The standard InChI is InChI=1S/C28H21F2N7O3/c29-28(30)21-12-18(6-7-19(21)26(39)36-28)33-24-13-22(34-23(15-38)16-4-2-1-3-5-16)20(14-32-24)27-35-25(37-40-27)17-8-10-31-11-9-17/h1-14,23,38H,15H2,(H,36,39)(H2,32,33,34)/t23-/m1/s1. The van der Waals surface area contributed by atoms with E-state index in [2.05, 4.69) is 30.7 Å². The van der Waals surface area contributed by atoms with Crippen LogP contribution in [0.15, 0.2) is 89.8 Å². The summed E-state index contributed by atoms with van der Waals surface area (Å²) < 4.78 is 34.0. The van der Waals surface area contributed by atoms with E-state index in [1.165, 1.54) is 24.4 Å². The summed E-state index contributed by atoms with van der Waals surface area (Å²) in [7, 11) is 0. The number of nitrogens with one attached hydrogen (secondary N) is 3. The van der Waals surface area contributed by atoms with E-state index < -0.39 is 23.6 Å². The highest BCUT2D eigenvalue weighted by molar-refractivity contribution is 6.00. The Balaban J connectivity index is 1.36. The van der Waals surface area contributed by atoms with E-state index in [-0.39, 0.29) is 18.1 Å². The van der Waals surface area contributed by atoms with Crippen molar-refractivity contribution < 1.29 is 23.2 Å². The van der Waals surface area contributed by atoms with Crippen molar-refractivity contribution >= 4 is 23.1 Å². The number of hydrogen-bond acceptors (Lipinski definition) is 9. The van der Waals surface area contributed by atoms with Crippen LogP contribution in [0.4, 0.5) is 26.0 Å². The Morgan fingerprint density at radius 2 is 1.82 bits per heavy atom. The molecule has 0 unspecified atom stereocenters. The van der Waals surface area contributed by atoms with E-state index in [1.807, 2.05) is 30.3 Å². The van der Waals surface area contributed by atoms with Gasteiger partial charge in [-0.05, 0) is 35.9 Å². The lowest BCUT2D eigenvalue weighted by atomic mass is 10.1. The monoisotopic (exact) mass is 541 g/mol. The van der Waals surface area contributed by atoms with E-state index in [4.69, 9.17) is 4.52 Å². The highest BCUT2D eigenvalue weighted by atomic mass is 19.3. The van der Waals surface area contributed by atoms with E-state index in [9.17, 15) is 18.7 Å². The lowest BCUT2D eigenvalue weighted by Gasteiger charge is -2.20. The first-order valence-electron chi connectivity index (χ1n) is 12.2. The number of carbonyl (C=O) groups excluding carboxylic acids is 1. The molecule has 0 saturated heterocycles. The number of benzene rings is 2. The molecule has 10 nitrogen and oxygen atoms in total. The van der Waals surface area contributed by atoms with Crippen LogP contribution in [0, 0.1) is 0 Å². The first-order valence-corrected chi connectivity index (χ1v) is 12.2. The number of anilines is 3. The number of aliphatic hydroxyl groups is 1. The van der Waals surface area contributed by atoms with Crippen LogP contribution in [-0.2, 0) is 6.05 Å². The summed E-state index contributed by atoms with van der Waals surface area (Å²) in [5.41, 5.74) is 2.30. The summed E-state index contributed by atoms with van der Waals surface area (Å²) in [6.45, 7) is -0.221. The molecule has 200 valence electrons.